The number of amides is 1. The van der Waals surface area contributed by atoms with Gasteiger partial charge in [0.15, 0.2) is 6.61 Å². The third kappa shape index (κ3) is 5.42. The molecule has 0 aliphatic rings. The highest BCUT2D eigenvalue weighted by Crippen LogP contribution is 2.32. The molecule has 0 radical (unpaired) electrons. The van der Waals surface area contributed by atoms with Crippen molar-refractivity contribution in [1.82, 2.24) is 5.43 Å². The Bertz CT molecular complexity index is 1070. The van der Waals surface area contributed by atoms with E-state index in [0.717, 1.165) is 5.56 Å². The zero-order valence-corrected chi connectivity index (χ0v) is 17.8. The van der Waals surface area contributed by atoms with Gasteiger partial charge in [-0.15, -0.1) is 0 Å². The molecule has 160 valence electrons. The monoisotopic (exact) mass is 418 g/mol. The molecule has 3 rings (SSSR count). The van der Waals surface area contributed by atoms with Crippen molar-refractivity contribution in [3.05, 3.63) is 89.5 Å². The summed E-state index contributed by atoms with van der Waals surface area (Å²) in [4.78, 5) is 12.1. The summed E-state index contributed by atoms with van der Waals surface area (Å²) in [5.74, 6) is -0.0131. The number of ether oxygens (including phenoxy) is 1. The molecule has 0 saturated carbocycles. The maximum absolute atomic E-state index is 12.1. The Balaban J connectivity index is 1.57. The van der Waals surface area contributed by atoms with Crippen molar-refractivity contribution in [2.75, 3.05) is 6.61 Å². The largest absolute Gasteiger partial charge is 0.508 e. The Morgan fingerprint density at radius 1 is 0.968 bits per heavy atom. The molecule has 31 heavy (non-hydrogen) atoms. The van der Waals surface area contributed by atoms with Gasteiger partial charge in [0.05, 0.1) is 5.71 Å². The Kier molecular flexibility index (Phi) is 6.60. The lowest BCUT2D eigenvalue weighted by atomic mass is 9.78. The fraction of sp³-hybridized carbons (Fsp3) is 0.200. The second-order valence-corrected chi connectivity index (χ2v) is 7.74. The SMILES string of the molecule is C/C(=N/NC(=O)COc1ccc(C(C)(C)c2ccccc2)cc1)c1ccc(O)cc1O. The van der Waals surface area contributed by atoms with Crippen LogP contribution in [0.1, 0.15) is 37.5 Å². The summed E-state index contributed by atoms with van der Waals surface area (Å²) in [5.41, 5.74) is 5.43. The first-order chi connectivity index (χ1) is 14.8. The van der Waals surface area contributed by atoms with Gasteiger partial charge in [-0.2, -0.15) is 5.10 Å². The van der Waals surface area contributed by atoms with E-state index in [2.05, 4.69) is 36.5 Å². The Labute approximate surface area is 181 Å². The molecule has 0 aliphatic heterocycles. The van der Waals surface area contributed by atoms with Gasteiger partial charge >= 0.3 is 0 Å². The fourth-order valence-corrected chi connectivity index (χ4v) is 3.20. The molecule has 0 aliphatic carbocycles. The molecule has 3 aromatic carbocycles. The maximum atomic E-state index is 12.1. The molecule has 0 heterocycles. The van der Waals surface area contributed by atoms with Gasteiger partial charge in [0.2, 0.25) is 0 Å². The zero-order chi connectivity index (χ0) is 22.4. The second kappa shape index (κ2) is 9.34. The quantitative estimate of drug-likeness (QED) is 0.393. The van der Waals surface area contributed by atoms with Gasteiger partial charge in [-0.3, -0.25) is 4.79 Å². The van der Waals surface area contributed by atoms with Gasteiger partial charge in [0.1, 0.15) is 17.2 Å². The first-order valence-electron chi connectivity index (χ1n) is 9.91. The smallest absolute Gasteiger partial charge is 0.277 e. The van der Waals surface area contributed by atoms with E-state index in [4.69, 9.17) is 4.74 Å². The number of phenolic OH excluding ortho intramolecular Hbond substituents is 2. The van der Waals surface area contributed by atoms with Crippen LogP contribution >= 0.6 is 0 Å². The van der Waals surface area contributed by atoms with E-state index in [0.29, 0.717) is 17.0 Å². The van der Waals surface area contributed by atoms with Crippen molar-refractivity contribution in [3.8, 4) is 17.2 Å². The van der Waals surface area contributed by atoms with Gasteiger partial charge in [0, 0.05) is 17.0 Å². The lowest BCUT2D eigenvalue weighted by molar-refractivity contribution is -0.123. The number of carbonyl (C=O) groups excluding carboxylic acids is 1. The molecule has 3 N–H and O–H groups in total. The van der Waals surface area contributed by atoms with Crippen molar-refractivity contribution in [1.29, 1.82) is 0 Å². The third-order valence-corrected chi connectivity index (χ3v) is 5.16. The first kappa shape index (κ1) is 21.9. The number of hydrogen-bond acceptors (Lipinski definition) is 5. The lowest BCUT2D eigenvalue weighted by Gasteiger charge is -2.26. The van der Waals surface area contributed by atoms with E-state index in [1.54, 1.807) is 6.92 Å². The molecule has 3 aromatic rings. The maximum Gasteiger partial charge on any atom is 0.277 e. The molecule has 0 unspecified atom stereocenters. The number of rotatable bonds is 7. The average molecular weight is 418 g/mol. The van der Waals surface area contributed by atoms with E-state index >= 15 is 0 Å². The molecular formula is C25H26N2O4. The van der Waals surface area contributed by atoms with Gasteiger partial charge in [-0.1, -0.05) is 56.3 Å². The van der Waals surface area contributed by atoms with E-state index in [-0.39, 0.29) is 23.5 Å². The normalized spacial score (nSPS) is 11.8. The van der Waals surface area contributed by atoms with Crippen molar-refractivity contribution in [3.63, 3.8) is 0 Å². The van der Waals surface area contributed by atoms with Gasteiger partial charge in [-0.05, 0) is 42.3 Å². The van der Waals surface area contributed by atoms with Gasteiger partial charge in [-0.25, -0.2) is 5.43 Å². The van der Waals surface area contributed by atoms with Crippen LogP contribution in [0.25, 0.3) is 0 Å². The highest BCUT2D eigenvalue weighted by Gasteiger charge is 2.22. The van der Waals surface area contributed by atoms with Crippen LogP contribution in [0.4, 0.5) is 0 Å². The highest BCUT2D eigenvalue weighted by molar-refractivity contribution is 6.01. The number of phenols is 2. The number of nitrogens with zero attached hydrogens (tertiary/aromatic N) is 1. The van der Waals surface area contributed by atoms with Crippen LogP contribution in [-0.4, -0.2) is 28.4 Å². The molecular weight excluding hydrogens is 392 g/mol. The molecule has 6 heteroatoms. The van der Waals surface area contributed by atoms with E-state index in [9.17, 15) is 15.0 Å². The molecule has 0 aromatic heterocycles. The van der Waals surface area contributed by atoms with Crippen LogP contribution in [0.15, 0.2) is 77.9 Å². The zero-order valence-electron chi connectivity index (χ0n) is 17.8. The van der Waals surface area contributed by atoms with Crippen LogP contribution in [0.2, 0.25) is 0 Å². The summed E-state index contributed by atoms with van der Waals surface area (Å²) in [7, 11) is 0. The van der Waals surface area contributed by atoms with Crippen LogP contribution in [0.3, 0.4) is 0 Å². The predicted octanol–water partition coefficient (Wildman–Crippen LogP) is 4.34. The molecule has 6 nitrogen and oxygen atoms in total. The van der Waals surface area contributed by atoms with Gasteiger partial charge < -0.3 is 14.9 Å². The van der Waals surface area contributed by atoms with Crippen molar-refractivity contribution in [2.24, 2.45) is 5.10 Å². The summed E-state index contributed by atoms with van der Waals surface area (Å²) in [5, 5.41) is 23.2. The second-order valence-electron chi connectivity index (χ2n) is 7.74. The van der Waals surface area contributed by atoms with Crippen LogP contribution in [0.5, 0.6) is 17.2 Å². The highest BCUT2D eigenvalue weighted by atomic mass is 16.5. The summed E-state index contributed by atoms with van der Waals surface area (Å²) in [6, 6.07) is 22.1. The van der Waals surface area contributed by atoms with Gasteiger partial charge in [0.25, 0.3) is 5.91 Å². The summed E-state index contributed by atoms with van der Waals surface area (Å²) in [6.45, 7) is 5.77. The average Bonchev–Trinajstić information content (AvgIpc) is 2.77. The Morgan fingerprint density at radius 2 is 1.61 bits per heavy atom. The molecule has 0 saturated heterocycles. The summed E-state index contributed by atoms with van der Waals surface area (Å²) < 4.78 is 5.55. The first-order valence-corrected chi connectivity index (χ1v) is 9.91. The standard InChI is InChI=1S/C25H26N2O4/c1-17(22-14-11-20(28)15-23(22)29)26-27-24(30)16-31-21-12-9-19(10-13-21)25(2,3)18-7-5-4-6-8-18/h4-15,28-29H,16H2,1-3H3,(H,27,30)/b26-17-. The van der Waals surface area contributed by atoms with Crippen molar-refractivity contribution >= 4 is 11.6 Å². The lowest BCUT2D eigenvalue weighted by Crippen LogP contribution is -2.25. The number of hydrogen-bond donors (Lipinski definition) is 3. The summed E-state index contributed by atoms with van der Waals surface area (Å²) in [6.07, 6.45) is 0. The summed E-state index contributed by atoms with van der Waals surface area (Å²) >= 11 is 0. The van der Waals surface area contributed by atoms with E-state index in [1.807, 2.05) is 42.5 Å². The molecule has 0 bridgehead atoms. The molecule has 0 fully saturated rings. The predicted molar refractivity (Wildman–Crippen MR) is 121 cm³/mol. The Morgan fingerprint density at radius 3 is 2.26 bits per heavy atom. The minimum absolute atomic E-state index is 0.0512. The topological polar surface area (TPSA) is 91.2 Å². The molecule has 0 atom stereocenters. The Hall–Kier alpha value is -3.80. The number of hydrazone groups is 1. The molecule has 0 spiro atoms. The van der Waals surface area contributed by atoms with Crippen LogP contribution in [-0.2, 0) is 10.2 Å². The third-order valence-electron chi connectivity index (χ3n) is 5.16. The van der Waals surface area contributed by atoms with Crippen molar-refractivity contribution in [2.45, 2.75) is 26.2 Å². The van der Waals surface area contributed by atoms with Crippen LogP contribution in [0, 0.1) is 0 Å². The number of benzene rings is 3. The molecule has 1 amide bonds. The number of nitrogens with one attached hydrogen (secondary N) is 1. The number of aromatic hydroxyl groups is 2. The van der Waals surface area contributed by atoms with E-state index in [1.165, 1.54) is 23.8 Å². The number of carbonyl (C=O) groups is 1. The van der Waals surface area contributed by atoms with E-state index < -0.39 is 5.91 Å². The minimum atomic E-state index is -0.425. The minimum Gasteiger partial charge on any atom is -0.508 e. The van der Waals surface area contributed by atoms with Crippen LogP contribution < -0.4 is 10.2 Å². The van der Waals surface area contributed by atoms with Crippen molar-refractivity contribution < 1.29 is 19.7 Å². The fourth-order valence-electron chi connectivity index (χ4n) is 3.20.